The molecule has 3 amide bonds. The highest BCUT2D eigenvalue weighted by molar-refractivity contribution is 6.31. The second-order valence-corrected chi connectivity index (χ2v) is 12.5. The van der Waals surface area contributed by atoms with Crippen LogP contribution < -0.4 is 14.4 Å². The van der Waals surface area contributed by atoms with E-state index in [1.807, 2.05) is 45.9 Å². The lowest BCUT2D eigenvalue weighted by Gasteiger charge is -2.34. The minimum absolute atomic E-state index is 0.0169. The molecular weight excluding hydrogens is 568 g/mol. The smallest absolute Gasteiger partial charge is 0.257 e. The number of benzene rings is 2. The number of methoxy groups -OCH3 is 2. The van der Waals surface area contributed by atoms with Gasteiger partial charge in [0.2, 0.25) is 11.8 Å². The number of amides is 3. The van der Waals surface area contributed by atoms with E-state index in [0.717, 1.165) is 50.4 Å². The van der Waals surface area contributed by atoms with Gasteiger partial charge in [-0.05, 0) is 74.4 Å². The van der Waals surface area contributed by atoms with Crippen molar-refractivity contribution in [3.63, 3.8) is 0 Å². The number of rotatable bonds is 9. The Kier molecular flexibility index (Phi) is 9.82. The van der Waals surface area contributed by atoms with Gasteiger partial charge in [-0.3, -0.25) is 14.4 Å². The molecule has 10 heteroatoms. The second kappa shape index (κ2) is 13.6. The van der Waals surface area contributed by atoms with E-state index in [4.69, 9.17) is 21.1 Å². The van der Waals surface area contributed by atoms with Crippen LogP contribution >= 0.6 is 11.6 Å². The summed E-state index contributed by atoms with van der Waals surface area (Å²) in [5, 5.41) is 0.653. The van der Waals surface area contributed by atoms with Crippen molar-refractivity contribution >= 4 is 35.0 Å². The third-order valence-corrected chi connectivity index (χ3v) is 9.77. The van der Waals surface area contributed by atoms with Crippen molar-refractivity contribution in [2.24, 2.45) is 17.8 Å². The van der Waals surface area contributed by atoms with Crippen molar-refractivity contribution in [2.45, 2.75) is 33.1 Å². The van der Waals surface area contributed by atoms with E-state index >= 15 is 0 Å². The summed E-state index contributed by atoms with van der Waals surface area (Å²) >= 11 is 6.47. The van der Waals surface area contributed by atoms with Crippen LogP contribution in [0, 0.1) is 24.7 Å². The molecule has 0 saturated carbocycles. The predicted molar refractivity (Wildman–Crippen MR) is 167 cm³/mol. The first-order valence-electron chi connectivity index (χ1n) is 15.3. The van der Waals surface area contributed by atoms with Gasteiger partial charge in [0, 0.05) is 69.4 Å². The SMILES string of the molecule is COc1cccc(C(=O)N2CC3CN(CCCN(C(=O)C4CCN(C(C)=O)CC4)c4ccc(C)c(Cl)c4)CC3C2)c1OC. The third kappa shape index (κ3) is 6.78. The highest BCUT2D eigenvalue weighted by Crippen LogP contribution is 2.36. The Morgan fingerprint density at radius 1 is 0.953 bits per heavy atom. The number of hydrogen-bond acceptors (Lipinski definition) is 6. The van der Waals surface area contributed by atoms with Crippen LogP contribution in [-0.4, -0.2) is 99.0 Å². The maximum atomic E-state index is 13.8. The number of likely N-dealkylation sites (tertiary alicyclic amines) is 3. The van der Waals surface area contributed by atoms with Gasteiger partial charge in [0.05, 0.1) is 19.8 Å². The van der Waals surface area contributed by atoms with Crippen LogP contribution in [0.2, 0.25) is 5.02 Å². The van der Waals surface area contributed by atoms with Crippen LogP contribution in [0.25, 0.3) is 0 Å². The van der Waals surface area contributed by atoms with Gasteiger partial charge in [-0.25, -0.2) is 0 Å². The Labute approximate surface area is 259 Å². The molecular formula is C33H43ClN4O5. The van der Waals surface area contributed by atoms with E-state index in [0.29, 0.717) is 66.4 Å². The molecule has 232 valence electrons. The summed E-state index contributed by atoms with van der Waals surface area (Å²) < 4.78 is 10.9. The van der Waals surface area contributed by atoms with Gasteiger partial charge in [-0.1, -0.05) is 23.7 Å². The van der Waals surface area contributed by atoms with Crippen molar-refractivity contribution in [3.05, 3.63) is 52.5 Å². The second-order valence-electron chi connectivity index (χ2n) is 12.1. The van der Waals surface area contributed by atoms with E-state index in [9.17, 15) is 14.4 Å². The lowest BCUT2D eigenvalue weighted by atomic mass is 9.94. The highest BCUT2D eigenvalue weighted by Gasteiger charge is 2.42. The molecule has 2 aromatic rings. The zero-order valence-electron chi connectivity index (χ0n) is 25.7. The van der Waals surface area contributed by atoms with E-state index in [1.165, 1.54) is 0 Å². The minimum Gasteiger partial charge on any atom is -0.493 e. The zero-order chi connectivity index (χ0) is 30.7. The predicted octanol–water partition coefficient (Wildman–Crippen LogP) is 4.35. The molecule has 43 heavy (non-hydrogen) atoms. The van der Waals surface area contributed by atoms with Crippen LogP contribution in [0.15, 0.2) is 36.4 Å². The van der Waals surface area contributed by atoms with Crippen LogP contribution in [-0.2, 0) is 9.59 Å². The number of ether oxygens (including phenoxy) is 2. The fourth-order valence-electron chi connectivity index (χ4n) is 6.89. The summed E-state index contributed by atoms with van der Waals surface area (Å²) in [5.74, 6) is 1.96. The first kappa shape index (κ1) is 31.1. The van der Waals surface area contributed by atoms with Gasteiger partial charge in [-0.2, -0.15) is 0 Å². The van der Waals surface area contributed by atoms with E-state index < -0.39 is 0 Å². The van der Waals surface area contributed by atoms with Crippen LogP contribution in [0.4, 0.5) is 5.69 Å². The summed E-state index contributed by atoms with van der Waals surface area (Å²) in [6.07, 6.45) is 2.20. The van der Waals surface area contributed by atoms with Gasteiger partial charge < -0.3 is 29.1 Å². The molecule has 0 radical (unpaired) electrons. The number of carbonyl (C=O) groups excluding carboxylic acids is 3. The number of para-hydroxylation sites is 1. The fraction of sp³-hybridized carbons (Fsp3) is 0.545. The highest BCUT2D eigenvalue weighted by atomic mass is 35.5. The molecule has 0 spiro atoms. The summed E-state index contributed by atoms with van der Waals surface area (Å²) in [6.45, 7) is 9.62. The number of halogens is 1. The van der Waals surface area contributed by atoms with Crippen molar-refractivity contribution in [2.75, 3.05) is 71.5 Å². The molecule has 3 heterocycles. The molecule has 2 unspecified atom stereocenters. The van der Waals surface area contributed by atoms with Gasteiger partial charge in [0.25, 0.3) is 5.91 Å². The Bertz CT molecular complexity index is 1330. The van der Waals surface area contributed by atoms with Gasteiger partial charge in [0.15, 0.2) is 11.5 Å². The number of anilines is 1. The summed E-state index contributed by atoms with van der Waals surface area (Å²) in [5.41, 5.74) is 2.34. The van der Waals surface area contributed by atoms with Crippen molar-refractivity contribution < 1.29 is 23.9 Å². The summed E-state index contributed by atoms with van der Waals surface area (Å²) in [7, 11) is 3.13. The fourth-order valence-corrected chi connectivity index (χ4v) is 7.07. The monoisotopic (exact) mass is 610 g/mol. The number of aryl methyl sites for hydroxylation is 1. The topological polar surface area (TPSA) is 82.6 Å². The number of carbonyl (C=O) groups is 3. The maximum Gasteiger partial charge on any atom is 0.257 e. The zero-order valence-corrected chi connectivity index (χ0v) is 26.4. The average Bonchev–Trinajstić information content (AvgIpc) is 3.59. The molecule has 0 aromatic heterocycles. The lowest BCUT2D eigenvalue weighted by molar-refractivity contribution is -0.133. The number of hydrogen-bond donors (Lipinski definition) is 0. The van der Waals surface area contributed by atoms with Crippen LogP contribution in [0.5, 0.6) is 11.5 Å². The number of piperidine rings is 1. The standard InChI is InChI=1S/C33H43ClN4O5/c1-22-9-10-27(17-29(22)34)38(32(40)24-11-15-36(16-12-24)23(2)39)14-6-13-35-18-25-20-37(21-26(25)19-35)33(41)28-7-5-8-30(42-3)31(28)43-4/h5,7-10,17,24-26H,6,11-16,18-21H2,1-4H3. The molecule has 3 fully saturated rings. The van der Waals surface area contributed by atoms with Gasteiger partial charge in [-0.15, -0.1) is 0 Å². The first-order chi connectivity index (χ1) is 20.7. The molecule has 3 aliphatic rings. The van der Waals surface area contributed by atoms with Crippen molar-refractivity contribution in [1.29, 1.82) is 0 Å². The quantitative estimate of drug-likeness (QED) is 0.420. The summed E-state index contributed by atoms with van der Waals surface area (Å²) in [4.78, 5) is 47.1. The normalized spacial score (nSPS) is 20.7. The van der Waals surface area contributed by atoms with E-state index in [-0.39, 0.29) is 23.6 Å². The molecule has 0 N–H and O–H groups in total. The first-order valence-corrected chi connectivity index (χ1v) is 15.6. The lowest BCUT2D eigenvalue weighted by Crippen LogP contribution is -2.44. The largest absolute Gasteiger partial charge is 0.493 e. The Hall–Kier alpha value is -3.30. The van der Waals surface area contributed by atoms with Gasteiger partial charge >= 0.3 is 0 Å². The molecule has 0 bridgehead atoms. The third-order valence-electron chi connectivity index (χ3n) is 9.36. The van der Waals surface area contributed by atoms with Crippen LogP contribution in [0.3, 0.4) is 0 Å². The minimum atomic E-state index is -0.103. The molecule has 3 aliphatic heterocycles. The Morgan fingerprint density at radius 3 is 2.26 bits per heavy atom. The Morgan fingerprint density at radius 2 is 1.65 bits per heavy atom. The summed E-state index contributed by atoms with van der Waals surface area (Å²) in [6, 6.07) is 11.2. The van der Waals surface area contributed by atoms with Crippen molar-refractivity contribution in [1.82, 2.24) is 14.7 Å². The van der Waals surface area contributed by atoms with Gasteiger partial charge in [0.1, 0.15) is 0 Å². The van der Waals surface area contributed by atoms with Crippen molar-refractivity contribution in [3.8, 4) is 11.5 Å². The number of fused-ring (bicyclic) bond motifs is 1. The molecule has 9 nitrogen and oxygen atoms in total. The molecule has 5 rings (SSSR count). The Balaban J connectivity index is 1.17. The average molecular weight is 611 g/mol. The van der Waals surface area contributed by atoms with E-state index in [1.54, 1.807) is 33.3 Å². The van der Waals surface area contributed by atoms with E-state index in [2.05, 4.69) is 4.90 Å². The van der Waals surface area contributed by atoms with Crippen LogP contribution in [0.1, 0.15) is 42.1 Å². The maximum absolute atomic E-state index is 13.8. The molecule has 2 atom stereocenters. The molecule has 2 aromatic carbocycles. The molecule has 3 saturated heterocycles. The number of nitrogens with zero attached hydrogens (tertiary/aromatic N) is 4. The molecule has 0 aliphatic carbocycles.